The number of aryl methyl sites for hydroxylation is 2. The van der Waals surface area contributed by atoms with Gasteiger partial charge in [0, 0.05) is 15.3 Å². The predicted octanol–water partition coefficient (Wildman–Crippen LogP) is 4.66. The zero-order valence-corrected chi connectivity index (χ0v) is 12.3. The summed E-state index contributed by atoms with van der Waals surface area (Å²) in [7, 11) is 0. The van der Waals surface area contributed by atoms with Crippen molar-refractivity contribution in [1.82, 2.24) is 0 Å². The van der Waals surface area contributed by atoms with Gasteiger partial charge in [-0.2, -0.15) is 0 Å². The molecule has 1 aliphatic rings. The van der Waals surface area contributed by atoms with Crippen LogP contribution in [0, 0.1) is 19.8 Å². The van der Waals surface area contributed by atoms with Crippen LogP contribution in [0.15, 0.2) is 5.57 Å². The first-order valence-corrected chi connectivity index (χ1v) is 7.28. The molecular weight excluding hydrogens is 244 g/mol. The van der Waals surface area contributed by atoms with E-state index in [1.807, 2.05) is 13.8 Å². The molecule has 0 radical (unpaired) electrons. The molecule has 0 saturated carbocycles. The zero-order valence-electron chi connectivity index (χ0n) is 11.5. The Morgan fingerprint density at radius 3 is 2.50 bits per heavy atom. The van der Waals surface area contributed by atoms with E-state index in [0.29, 0.717) is 11.5 Å². The van der Waals surface area contributed by atoms with Crippen LogP contribution in [0.25, 0.3) is 5.57 Å². The first-order valence-electron chi connectivity index (χ1n) is 6.46. The molecule has 0 amide bonds. The van der Waals surface area contributed by atoms with Crippen LogP contribution in [0.3, 0.4) is 0 Å². The van der Waals surface area contributed by atoms with Crippen molar-refractivity contribution >= 4 is 22.9 Å². The van der Waals surface area contributed by atoms with Crippen LogP contribution >= 0.6 is 11.3 Å². The van der Waals surface area contributed by atoms with Gasteiger partial charge in [-0.3, -0.25) is 0 Å². The Kier molecular flexibility index (Phi) is 3.62. The van der Waals surface area contributed by atoms with Gasteiger partial charge in [0.25, 0.3) is 0 Å². The molecule has 0 saturated heterocycles. The summed E-state index contributed by atoms with van der Waals surface area (Å²) >= 11 is 1.61. The summed E-state index contributed by atoms with van der Waals surface area (Å²) < 4.78 is 0. The lowest BCUT2D eigenvalue weighted by atomic mass is 9.79. The second kappa shape index (κ2) is 4.88. The van der Waals surface area contributed by atoms with E-state index in [1.165, 1.54) is 24.0 Å². The van der Waals surface area contributed by atoms with Gasteiger partial charge in [-0.05, 0) is 51.5 Å². The highest BCUT2D eigenvalue weighted by atomic mass is 32.1. The Morgan fingerprint density at radius 2 is 1.94 bits per heavy atom. The summed E-state index contributed by atoms with van der Waals surface area (Å²) in [6, 6.07) is 0. The van der Waals surface area contributed by atoms with Gasteiger partial charge in [0.1, 0.15) is 0 Å². The third-order valence-corrected chi connectivity index (χ3v) is 4.91. The normalized spacial score (nSPS) is 20.3. The molecule has 1 aromatic heterocycles. The SMILES string of the molecule is CC1=C(c2c(C)sc(C)c2C(=O)O)C(C)CCC1. The largest absolute Gasteiger partial charge is 0.478 e. The van der Waals surface area contributed by atoms with Gasteiger partial charge in [-0.25, -0.2) is 4.79 Å². The summed E-state index contributed by atoms with van der Waals surface area (Å²) in [4.78, 5) is 13.6. The molecule has 1 aromatic rings. The van der Waals surface area contributed by atoms with Crippen molar-refractivity contribution in [2.45, 2.75) is 47.0 Å². The van der Waals surface area contributed by atoms with E-state index in [-0.39, 0.29) is 0 Å². The van der Waals surface area contributed by atoms with E-state index in [4.69, 9.17) is 0 Å². The zero-order chi connectivity index (χ0) is 13.4. The smallest absolute Gasteiger partial charge is 0.337 e. The molecule has 0 fully saturated rings. The second-order valence-electron chi connectivity index (χ2n) is 5.26. The molecule has 1 aliphatic carbocycles. The minimum Gasteiger partial charge on any atom is -0.478 e. The van der Waals surface area contributed by atoms with Crippen molar-refractivity contribution in [3.63, 3.8) is 0 Å². The number of hydrogen-bond acceptors (Lipinski definition) is 2. The predicted molar refractivity (Wildman–Crippen MR) is 76.4 cm³/mol. The fraction of sp³-hybridized carbons (Fsp3) is 0.533. The Bertz CT molecular complexity index is 523. The monoisotopic (exact) mass is 264 g/mol. The molecule has 3 heteroatoms. The maximum atomic E-state index is 11.5. The average molecular weight is 264 g/mol. The van der Waals surface area contributed by atoms with Gasteiger partial charge in [0.05, 0.1) is 5.56 Å². The first kappa shape index (κ1) is 13.3. The number of carboxylic acid groups (broad SMARTS) is 1. The van der Waals surface area contributed by atoms with Crippen LogP contribution in [0.5, 0.6) is 0 Å². The molecule has 0 aromatic carbocycles. The molecule has 1 atom stereocenters. The first-order chi connectivity index (χ1) is 8.43. The lowest BCUT2D eigenvalue weighted by Crippen LogP contribution is -2.11. The Balaban J connectivity index is 2.67. The van der Waals surface area contributed by atoms with E-state index in [9.17, 15) is 9.90 Å². The summed E-state index contributed by atoms with van der Waals surface area (Å²) in [5.41, 5.74) is 4.20. The minimum absolute atomic E-state index is 0.476. The standard InChI is InChI=1S/C15H20O2S/c1-8-6-5-7-9(2)12(8)13-10(3)18-11(4)14(13)15(16)17/h8H,5-7H2,1-4H3,(H,16,17). The molecule has 0 bridgehead atoms. The molecule has 2 rings (SSSR count). The Hall–Kier alpha value is -1.09. The van der Waals surface area contributed by atoms with E-state index < -0.39 is 5.97 Å². The number of rotatable bonds is 2. The summed E-state index contributed by atoms with van der Waals surface area (Å²) in [5.74, 6) is -0.311. The highest BCUT2D eigenvalue weighted by molar-refractivity contribution is 7.12. The van der Waals surface area contributed by atoms with Crippen molar-refractivity contribution in [3.05, 3.63) is 26.5 Å². The molecule has 1 unspecified atom stereocenters. The molecule has 98 valence electrons. The van der Waals surface area contributed by atoms with Gasteiger partial charge in [0.15, 0.2) is 0 Å². The highest BCUT2D eigenvalue weighted by Crippen LogP contribution is 2.42. The number of carbonyl (C=O) groups is 1. The maximum absolute atomic E-state index is 11.5. The Morgan fingerprint density at radius 1 is 1.28 bits per heavy atom. The second-order valence-corrected chi connectivity index (χ2v) is 6.69. The molecule has 0 aliphatic heterocycles. The van der Waals surface area contributed by atoms with Crippen LogP contribution in [0.4, 0.5) is 0 Å². The molecule has 0 spiro atoms. The van der Waals surface area contributed by atoms with Crippen molar-refractivity contribution in [3.8, 4) is 0 Å². The minimum atomic E-state index is -0.787. The third-order valence-electron chi connectivity index (χ3n) is 3.89. The quantitative estimate of drug-likeness (QED) is 0.843. The van der Waals surface area contributed by atoms with E-state index in [0.717, 1.165) is 21.7 Å². The van der Waals surface area contributed by atoms with E-state index >= 15 is 0 Å². The van der Waals surface area contributed by atoms with Gasteiger partial charge >= 0.3 is 5.97 Å². The fourth-order valence-corrected chi connectivity index (χ4v) is 4.16. The van der Waals surface area contributed by atoms with Crippen LogP contribution in [0.1, 0.15) is 58.8 Å². The van der Waals surface area contributed by atoms with Crippen LogP contribution in [-0.4, -0.2) is 11.1 Å². The molecule has 18 heavy (non-hydrogen) atoms. The molecule has 1 N–H and O–H groups in total. The lowest BCUT2D eigenvalue weighted by Gasteiger charge is -2.25. The summed E-state index contributed by atoms with van der Waals surface area (Å²) in [6.07, 6.45) is 3.49. The van der Waals surface area contributed by atoms with Crippen LogP contribution in [-0.2, 0) is 0 Å². The highest BCUT2D eigenvalue weighted by Gasteiger charge is 2.27. The topological polar surface area (TPSA) is 37.3 Å². The fourth-order valence-electron chi connectivity index (χ4n) is 3.10. The van der Waals surface area contributed by atoms with Crippen molar-refractivity contribution in [1.29, 1.82) is 0 Å². The third kappa shape index (κ3) is 2.12. The van der Waals surface area contributed by atoms with Crippen LogP contribution in [0.2, 0.25) is 0 Å². The van der Waals surface area contributed by atoms with Crippen molar-refractivity contribution < 1.29 is 9.90 Å². The van der Waals surface area contributed by atoms with Crippen molar-refractivity contribution in [2.24, 2.45) is 5.92 Å². The van der Waals surface area contributed by atoms with E-state index in [2.05, 4.69) is 13.8 Å². The summed E-state index contributed by atoms with van der Waals surface area (Å²) in [6.45, 7) is 8.33. The summed E-state index contributed by atoms with van der Waals surface area (Å²) in [5, 5.41) is 9.45. The van der Waals surface area contributed by atoms with E-state index in [1.54, 1.807) is 11.3 Å². The molecule has 2 nitrogen and oxygen atoms in total. The number of aromatic carboxylic acids is 1. The van der Waals surface area contributed by atoms with Gasteiger partial charge < -0.3 is 5.11 Å². The molecular formula is C15H20O2S. The number of carboxylic acids is 1. The number of hydrogen-bond donors (Lipinski definition) is 1. The van der Waals surface area contributed by atoms with Crippen LogP contribution < -0.4 is 0 Å². The number of allylic oxidation sites excluding steroid dienone is 2. The average Bonchev–Trinajstić information content (AvgIpc) is 2.54. The van der Waals surface area contributed by atoms with Gasteiger partial charge in [-0.1, -0.05) is 12.5 Å². The van der Waals surface area contributed by atoms with Gasteiger partial charge in [0.2, 0.25) is 0 Å². The van der Waals surface area contributed by atoms with Gasteiger partial charge in [-0.15, -0.1) is 11.3 Å². The lowest BCUT2D eigenvalue weighted by molar-refractivity contribution is 0.0696. The molecule has 1 heterocycles. The number of thiophene rings is 1. The Labute approximate surface area is 112 Å². The maximum Gasteiger partial charge on any atom is 0.337 e. The van der Waals surface area contributed by atoms with Crippen molar-refractivity contribution in [2.75, 3.05) is 0 Å².